The van der Waals surface area contributed by atoms with Crippen LogP contribution in [0.3, 0.4) is 0 Å². The maximum absolute atomic E-state index is 11.9. The highest BCUT2D eigenvalue weighted by Gasteiger charge is 2.28. The number of aliphatic hydroxyl groups is 2. The van der Waals surface area contributed by atoms with Gasteiger partial charge in [0.05, 0.1) is 30.9 Å². The third-order valence-electron chi connectivity index (χ3n) is 3.17. The average molecular weight is 283 g/mol. The van der Waals surface area contributed by atoms with E-state index in [0.29, 0.717) is 12.1 Å². The van der Waals surface area contributed by atoms with E-state index in [-0.39, 0.29) is 25.5 Å². The first-order chi connectivity index (χ1) is 9.12. The minimum atomic E-state index is -0.950. The molecule has 7 heteroatoms. The highest BCUT2D eigenvalue weighted by molar-refractivity contribution is 7.15. The molecule has 0 spiro atoms. The van der Waals surface area contributed by atoms with E-state index in [1.165, 1.54) is 11.3 Å². The molecule has 0 atom stereocenters. The van der Waals surface area contributed by atoms with Crippen LogP contribution in [0.2, 0.25) is 0 Å². The van der Waals surface area contributed by atoms with Crippen LogP contribution in [0.4, 0.5) is 0 Å². The predicted octanol–water partition coefficient (Wildman–Crippen LogP) is 0.188. The third kappa shape index (κ3) is 2.94. The highest BCUT2D eigenvalue weighted by Crippen LogP contribution is 2.13. The van der Waals surface area contributed by atoms with E-state index in [2.05, 4.69) is 10.3 Å². The summed E-state index contributed by atoms with van der Waals surface area (Å²) in [5, 5.41) is 23.2. The van der Waals surface area contributed by atoms with E-state index in [4.69, 9.17) is 0 Å². The summed E-state index contributed by atoms with van der Waals surface area (Å²) in [6, 6.07) is 0. The molecule has 104 valence electrons. The van der Waals surface area contributed by atoms with Crippen LogP contribution in [0, 0.1) is 0 Å². The molecule has 0 aliphatic heterocycles. The molecule has 0 aliphatic carbocycles. The minimum absolute atomic E-state index is 0.135. The zero-order valence-electron chi connectivity index (χ0n) is 10.7. The van der Waals surface area contributed by atoms with Crippen molar-refractivity contribution in [3.8, 4) is 0 Å². The lowest BCUT2D eigenvalue weighted by atomic mass is 9.98. The lowest BCUT2D eigenvalue weighted by Gasteiger charge is -2.29. The number of fused-ring (bicyclic) bond motifs is 1. The Kier molecular flexibility index (Phi) is 4.18. The molecule has 6 nitrogen and oxygen atoms in total. The molecule has 1 amide bonds. The number of hydrogen-bond donors (Lipinski definition) is 3. The van der Waals surface area contributed by atoms with Gasteiger partial charge in [0.2, 0.25) is 5.91 Å². The molecule has 0 aromatic carbocycles. The van der Waals surface area contributed by atoms with E-state index >= 15 is 0 Å². The number of nitrogens with zero attached hydrogens (tertiary/aromatic N) is 2. The number of amides is 1. The van der Waals surface area contributed by atoms with Crippen LogP contribution < -0.4 is 5.32 Å². The van der Waals surface area contributed by atoms with Gasteiger partial charge in [-0.2, -0.15) is 0 Å². The lowest BCUT2D eigenvalue weighted by Crippen LogP contribution is -2.54. The fraction of sp³-hybridized carbons (Fsp3) is 0.500. The molecule has 2 aromatic rings. The number of rotatable bonds is 6. The third-order valence-corrected chi connectivity index (χ3v) is 3.94. The number of carbonyl (C=O) groups is 1. The molecule has 0 bridgehead atoms. The molecule has 2 heterocycles. The number of carbonyl (C=O) groups excluding carboxylic acids is 1. The molecule has 2 rings (SSSR count). The SMILES string of the molecule is CCC(CO)(CO)NC(=O)Cc1cn2ccsc2n1. The van der Waals surface area contributed by atoms with Gasteiger partial charge in [-0.3, -0.25) is 9.20 Å². The number of hydrogen-bond acceptors (Lipinski definition) is 5. The second-order valence-corrected chi connectivity index (χ2v) is 5.37. The molecule has 0 unspecified atom stereocenters. The summed E-state index contributed by atoms with van der Waals surface area (Å²) in [7, 11) is 0. The second kappa shape index (κ2) is 5.68. The van der Waals surface area contributed by atoms with Gasteiger partial charge in [-0.15, -0.1) is 11.3 Å². The normalized spacial score (nSPS) is 11.9. The van der Waals surface area contributed by atoms with Gasteiger partial charge in [0.1, 0.15) is 0 Å². The summed E-state index contributed by atoms with van der Waals surface area (Å²) in [4.78, 5) is 17.1. The second-order valence-electron chi connectivity index (χ2n) is 4.50. The van der Waals surface area contributed by atoms with E-state index in [0.717, 1.165) is 4.96 Å². The molecule has 0 aliphatic rings. The fourth-order valence-electron chi connectivity index (χ4n) is 1.81. The number of aromatic nitrogens is 2. The fourth-order valence-corrected chi connectivity index (χ4v) is 2.53. The van der Waals surface area contributed by atoms with Crippen molar-refractivity contribution in [1.82, 2.24) is 14.7 Å². The van der Waals surface area contributed by atoms with Gasteiger partial charge in [0.15, 0.2) is 4.96 Å². The zero-order valence-corrected chi connectivity index (χ0v) is 11.5. The maximum Gasteiger partial charge on any atom is 0.226 e. The smallest absolute Gasteiger partial charge is 0.226 e. The molecule has 2 aromatic heterocycles. The number of thiazole rings is 1. The summed E-state index contributed by atoms with van der Waals surface area (Å²) >= 11 is 1.50. The number of imidazole rings is 1. The molecule has 0 radical (unpaired) electrons. The van der Waals surface area contributed by atoms with Crippen LogP contribution in [0.5, 0.6) is 0 Å². The van der Waals surface area contributed by atoms with Crippen LogP contribution >= 0.6 is 11.3 Å². The van der Waals surface area contributed by atoms with Crippen molar-refractivity contribution < 1.29 is 15.0 Å². The molecule has 3 N–H and O–H groups in total. The topological polar surface area (TPSA) is 86.9 Å². The van der Waals surface area contributed by atoms with Crippen molar-refractivity contribution in [2.45, 2.75) is 25.3 Å². The Balaban J connectivity index is 2.02. The zero-order chi connectivity index (χ0) is 13.9. The van der Waals surface area contributed by atoms with Crippen molar-refractivity contribution in [3.63, 3.8) is 0 Å². The Morgan fingerprint density at radius 2 is 2.26 bits per heavy atom. The summed E-state index contributed by atoms with van der Waals surface area (Å²) in [6.45, 7) is 1.23. The molecule has 0 saturated carbocycles. The van der Waals surface area contributed by atoms with Gasteiger partial charge < -0.3 is 15.5 Å². The molecule has 0 fully saturated rings. The summed E-state index contributed by atoms with van der Waals surface area (Å²) in [5.74, 6) is -0.254. The van der Waals surface area contributed by atoms with E-state index < -0.39 is 5.54 Å². The van der Waals surface area contributed by atoms with Crippen LogP contribution in [-0.4, -0.2) is 44.3 Å². The van der Waals surface area contributed by atoms with Gasteiger partial charge in [-0.1, -0.05) is 6.92 Å². The maximum atomic E-state index is 11.9. The van der Waals surface area contributed by atoms with Crippen molar-refractivity contribution in [3.05, 3.63) is 23.5 Å². The first-order valence-corrected chi connectivity index (χ1v) is 6.94. The monoisotopic (exact) mass is 283 g/mol. The average Bonchev–Trinajstić information content (AvgIpc) is 2.97. The van der Waals surface area contributed by atoms with Crippen molar-refractivity contribution >= 4 is 22.2 Å². The van der Waals surface area contributed by atoms with Crippen molar-refractivity contribution in [2.75, 3.05) is 13.2 Å². The molecule has 19 heavy (non-hydrogen) atoms. The number of aliphatic hydroxyl groups excluding tert-OH is 2. The molecular weight excluding hydrogens is 266 g/mol. The minimum Gasteiger partial charge on any atom is -0.394 e. The van der Waals surface area contributed by atoms with Crippen LogP contribution in [0.1, 0.15) is 19.0 Å². The van der Waals surface area contributed by atoms with Crippen LogP contribution in [0.25, 0.3) is 4.96 Å². The van der Waals surface area contributed by atoms with Crippen LogP contribution in [0.15, 0.2) is 17.8 Å². The summed E-state index contributed by atoms with van der Waals surface area (Å²) in [6.07, 6.45) is 4.28. The van der Waals surface area contributed by atoms with Gasteiger partial charge in [-0.05, 0) is 6.42 Å². The Morgan fingerprint density at radius 1 is 1.53 bits per heavy atom. The van der Waals surface area contributed by atoms with Gasteiger partial charge >= 0.3 is 0 Å². The first-order valence-electron chi connectivity index (χ1n) is 6.06. The lowest BCUT2D eigenvalue weighted by molar-refractivity contribution is -0.123. The van der Waals surface area contributed by atoms with Gasteiger partial charge in [-0.25, -0.2) is 4.98 Å². The van der Waals surface area contributed by atoms with Gasteiger partial charge in [0, 0.05) is 17.8 Å². The number of nitrogens with one attached hydrogen (secondary N) is 1. The van der Waals surface area contributed by atoms with Crippen molar-refractivity contribution in [1.29, 1.82) is 0 Å². The predicted molar refractivity (Wildman–Crippen MR) is 72.1 cm³/mol. The highest BCUT2D eigenvalue weighted by atomic mass is 32.1. The van der Waals surface area contributed by atoms with E-state index in [1.54, 1.807) is 13.1 Å². The molecule has 0 saturated heterocycles. The Labute approximate surface area is 114 Å². The Morgan fingerprint density at radius 3 is 2.84 bits per heavy atom. The standard InChI is InChI=1S/C12H17N3O3S/c1-2-12(7-16,8-17)14-10(18)5-9-6-15-3-4-19-11(15)13-9/h3-4,6,16-17H,2,5,7-8H2,1H3,(H,14,18). The van der Waals surface area contributed by atoms with E-state index in [1.807, 2.05) is 16.0 Å². The first kappa shape index (κ1) is 14.0. The Bertz CT molecular complexity index is 523. The molecular formula is C12H17N3O3S. The quantitative estimate of drug-likeness (QED) is 0.706. The summed E-state index contributed by atoms with van der Waals surface area (Å²) in [5.41, 5.74) is -0.279. The van der Waals surface area contributed by atoms with E-state index in [9.17, 15) is 15.0 Å². The van der Waals surface area contributed by atoms with Crippen molar-refractivity contribution in [2.24, 2.45) is 0 Å². The Hall–Kier alpha value is -1.44. The van der Waals surface area contributed by atoms with Crippen LogP contribution in [-0.2, 0) is 11.2 Å². The largest absolute Gasteiger partial charge is 0.394 e. The summed E-state index contributed by atoms with van der Waals surface area (Å²) < 4.78 is 1.86. The van der Waals surface area contributed by atoms with Gasteiger partial charge in [0.25, 0.3) is 0 Å².